The zero-order valence-electron chi connectivity index (χ0n) is 12.9. The van der Waals surface area contributed by atoms with E-state index in [9.17, 15) is 4.79 Å². The highest BCUT2D eigenvalue weighted by atomic mass is 32.1. The molecule has 2 aromatic heterocycles. The lowest BCUT2D eigenvalue weighted by atomic mass is 10.2. The van der Waals surface area contributed by atoms with E-state index in [0.717, 1.165) is 16.4 Å². The zero-order chi connectivity index (χ0) is 15.7. The van der Waals surface area contributed by atoms with Crippen LogP contribution in [0.15, 0.2) is 41.2 Å². The summed E-state index contributed by atoms with van der Waals surface area (Å²) >= 11 is 1.43. The number of para-hydroxylation sites is 1. The summed E-state index contributed by atoms with van der Waals surface area (Å²) in [4.78, 5) is 19.6. The number of hydrogen-bond acceptors (Lipinski definition) is 5. The Kier molecular flexibility index (Phi) is 3.94. The molecule has 0 spiro atoms. The first-order valence-corrected chi connectivity index (χ1v) is 8.04. The molecule has 0 saturated heterocycles. The average Bonchev–Trinajstić information content (AvgIpc) is 2.86. The van der Waals surface area contributed by atoms with Gasteiger partial charge < -0.3 is 4.90 Å². The van der Waals surface area contributed by atoms with Crippen LogP contribution in [-0.2, 0) is 6.54 Å². The van der Waals surface area contributed by atoms with Crippen LogP contribution in [-0.4, -0.2) is 20.6 Å². The minimum Gasteiger partial charge on any atom is -0.363 e. The van der Waals surface area contributed by atoms with Crippen molar-refractivity contribution in [2.24, 2.45) is 0 Å². The van der Waals surface area contributed by atoms with E-state index in [1.54, 1.807) is 6.07 Å². The summed E-state index contributed by atoms with van der Waals surface area (Å²) in [6, 6.07) is 12.1. The first kappa shape index (κ1) is 14.7. The Bertz CT molecular complexity index is 838. The second-order valence-corrected chi connectivity index (χ2v) is 6.62. The number of benzene rings is 1. The van der Waals surface area contributed by atoms with Crippen LogP contribution >= 0.6 is 11.3 Å². The third-order valence-electron chi connectivity index (χ3n) is 3.44. The molecule has 0 unspecified atom stereocenters. The summed E-state index contributed by atoms with van der Waals surface area (Å²) in [5, 5.41) is 5.01. The highest BCUT2D eigenvalue weighted by molar-refractivity contribution is 7.16. The highest BCUT2D eigenvalue weighted by Gasteiger charge is 2.14. The molecule has 2 heterocycles. The number of rotatable bonds is 4. The van der Waals surface area contributed by atoms with Gasteiger partial charge in [-0.3, -0.25) is 4.79 Å². The van der Waals surface area contributed by atoms with Gasteiger partial charge in [-0.05, 0) is 32.9 Å². The fourth-order valence-corrected chi connectivity index (χ4v) is 3.17. The summed E-state index contributed by atoms with van der Waals surface area (Å²) in [6.07, 6.45) is 0. The molecule has 1 aromatic carbocycles. The first-order chi connectivity index (χ1) is 10.5. The molecule has 0 radical (unpaired) electrons. The molecular formula is C16H18N4OS. The average molecular weight is 314 g/mol. The molecule has 0 N–H and O–H groups in total. The lowest BCUT2D eigenvalue weighted by Gasteiger charge is -2.28. The summed E-state index contributed by atoms with van der Waals surface area (Å²) < 4.78 is 1.37. The second kappa shape index (κ2) is 5.88. The van der Waals surface area contributed by atoms with Gasteiger partial charge in [0.15, 0.2) is 0 Å². The standard InChI is InChI=1S/C16H18N4OS/c1-11(2)19(14-7-5-4-6-8-14)10-13-9-15(21)20-16(17-13)22-12(3)18-20/h4-9,11H,10H2,1-3H3. The third-order valence-corrected chi connectivity index (χ3v) is 4.27. The van der Waals surface area contributed by atoms with Crippen molar-refractivity contribution >= 4 is 22.0 Å². The Hall–Kier alpha value is -2.21. The van der Waals surface area contributed by atoms with Crippen LogP contribution < -0.4 is 10.5 Å². The van der Waals surface area contributed by atoms with Gasteiger partial charge in [-0.25, -0.2) is 4.98 Å². The van der Waals surface area contributed by atoms with Gasteiger partial charge in [-0.1, -0.05) is 29.5 Å². The van der Waals surface area contributed by atoms with E-state index in [1.165, 1.54) is 15.9 Å². The van der Waals surface area contributed by atoms with Gasteiger partial charge in [-0.15, -0.1) is 0 Å². The van der Waals surface area contributed by atoms with Crippen molar-refractivity contribution in [1.82, 2.24) is 14.6 Å². The minimum atomic E-state index is -0.124. The first-order valence-electron chi connectivity index (χ1n) is 7.22. The molecule has 0 aliphatic carbocycles. The number of nitrogens with zero attached hydrogens (tertiary/aromatic N) is 4. The van der Waals surface area contributed by atoms with Crippen LogP contribution in [0.4, 0.5) is 5.69 Å². The Morgan fingerprint density at radius 1 is 1.27 bits per heavy atom. The summed E-state index contributed by atoms with van der Waals surface area (Å²) in [6.45, 7) is 6.75. The Balaban J connectivity index is 1.98. The lowest BCUT2D eigenvalue weighted by molar-refractivity contribution is 0.672. The molecule has 0 amide bonds. The molecule has 22 heavy (non-hydrogen) atoms. The van der Waals surface area contributed by atoms with Gasteiger partial charge in [0.2, 0.25) is 4.96 Å². The van der Waals surface area contributed by atoms with E-state index < -0.39 is 0 Å². The van der Waals surface area contributed by atoms with Crippen molar-refractivity contribution in [3.05, 3.63) is 57.5 Å². The molecule has 5 nitrogen and oxygen atoms in total. The van der Waals surface area contributed by atoms with Crippen molar-refractivity contribution in [3.63, 3.8) is 0 Å². The molecule has 0 aliphatic rings. The fraction of sp³-hybridized carbons (Fsp3) is 0.312. The molecule has 3 rings (SSSR count). The van der Waals surface area contributed by atoms with Gasteiger partial charge in [0.05, 0.1) is 12.2 Å². The number of hydrogen-bond donors (Lipinski definition) is 0. The molecule has 114 valence electrons. The second-order valence-electron chi connectivity index (χ2n) is 5.46. The predicted molar refractivity (Wildman–Crippen MR) is 89.6 cm³/mol. The molecule has 6 heteroatoms. The molecule has 0 bridgehead atoms. The number of aromatic nitrogens is 3. The summed E-state index contributed by atoms with van der Waals surface area (Å²) in [5.41, 5.74) is 1.77. The fourth-order valence-electron chi connectivity index (χ4n) is 2.40. The lowest BCUT2D eigenvalue weighted by Crippen LogP contribution is -2.31. The van der Waals surface area contributed by atoms with Crippen molar-refractivity contribution in [2.45, 2.75) is 33.4 Å². The SMILES string of the molecule is Cc1nn2c(=O)cc(CN(c3ccccc3)C(C)C)nc2s1. The van der Waals surface area contributed by atoms with E-state index in [-0.39, 0.29) is 5.56 Å². The molecule has 3 aromatic rings. The maximum Gasteiger partial charge on any atom is 0.275 e. The van der Waals surface area contributed by atoms with Crippen LogP contribution in [0.3, 0.4) is 0 Å². The van der Waals surface area contributed by atoms with Crippen LogP contribution in [0.2, 0.25) is 0 Å². The van der Waals surface area contributed by atoms with E-state index in [1.807, 2.05) is 25.1 Å². The summed E-state index contributed by atoms with van der Waals surface area (Å²) in [5.74, 6) is 0. The Labute approximate surface area is 132 Å². The van der Waals surface area contributed by atoms with Crippen LogP contribution in [0.5, 0.6) is 0 Å². The number of aryl methyl sites for hydroxylation is 1. The third kappa shape index (κ3) is 2.87. The topological polar surface area (TPSA) is 50.5 Å². The van der Waals surface area contributed by atoms with Crippen molar-refractivity contribution in [2.75, 3.05) is 4.90 Å². The van der Waals surface area contributed by atoms with Crippen molar-refractivity contribution in [1.29, 1.82) is 0 Å². The monoisotopic (exact) mass is 314 g/mol. The minimum absolute atomic E-state index is 0.124. The molecule has 0 aliphatic heterocycles. The van der Waals surface area contributed by atoms with Crippen LogP contribution in [0.25, 0.3) is 4.96 Å². The maximum absolute atomic E-state index is 12.1. The van der Waals surface area contributed by atoms with E-state index in [0.29, 0.717) is 17.5 Å². The molecular weight excluding hydrogens is 296 g/mol. The normalized spacial score (nSPS) is 11.3. The maximum atomic E-state index is 12.1. The molecule has 0 saturated carbocycles. The van der Waals surface area contributed by atoms with E-state index in [2.05, 4.69) is 41.0 Å². The quantitative estimate of drug-likeness (QED) is 0.743. The van der Waals surface area contributed by atoms with Gasteiger partial charge in [0.25, 0.3) is 5.56 Å². The number of fused-ring (bicyclic) bond motifs is 1. The van der Waals surface area contributed by atoms with Gasteiger partial charge in [-0.2, -0.15) is 9.61 Å². The summed E-state index contributed by atoms with van der Waals surface area (Å²) in [7, 11) is 0. The Morgan fingerprint density at radius 3 is 2.68 bits per heavy atom. The largest absolute Gasteiger partial charge is 0.363 e. The Morgan fingerprint density at radius 2 is 2.00 bits per heavy atom. The predicted octanol–water partition coefficient (Wildman–Crippen LogP) is 2.87. The van der Waals surface area contributed by atoms with Gasteiger partial charge in [0, 0.05) is 17.8 Å². The van der Waals surface area contributed by atoms with Crippen molar-refractivity contribution < 1.29 is 0 Å². The van der Waals surface area contributed by atoms with Crippen LogP contribution in [0.1, 0.15) is 24.5 Å². The van der Waals surface area contributed by atoms with Crippen molar-refractivity contribution in [3.8, 4) is 0 Å². The smallest absolute Gasteiger partial charge is 0.275 e. The van der Waals surface area contributed by atoms with Gasteiger partial charge >= 0.3 is 0 Å². The number of anilines is 1. The highest BCUT2D eigenvalue weighted by Crippen LogP contribution is 2.19. The molecule has 0 fully saturated rings. The molecule has 0 atom stereocenters. The van der Waals surface area contributed by atoms with Gasteiger partial charge in [0.1, 0.15) is 5.01 Å². The van der Waals surface area contributed by atoms with E-state index in [4.69, 9.17) is 0 Å². The van der Waals surface area contributed by atoms with Crippen LogP contribution in [0, 0.1) is 6.92 Å². The van der Waals surface area contributed by atoms with E-state index >= 15 is 0 Å². The zero-order valence-corrected chi connectivity index (χ0v) is 13.7.